The smallest absolute Gasteiger partial charge is 0.0991 e. The third kappa shape index (κ3) is 1.83. The van der Waals surface area contributed by atoms with Gasteiger partial charge in [-0.05, 0) is 30.2 Å². The van der Waals surface area contributed by atoms with Crippen LogP contribution in [0, 0.1) is 18.3 Å². The molecular weight excluding hydrogens is 337 g/mol. The first-order valence-electron chi connectivity index (χ1n) is 5.89. The van der Waals surface area contributed by atoms with Crippen LogP contribution in [0.5, 0.6) is 0 Å². The molecule has 1 aromatic carbocycles. The van der Waals surface area contributed by atoms with Gasteiger partial charge in [0.25, 0.3) is 0 Å². The van der Waals surface area contributed by atoms with E-state index >= 15 is 0 Å². The molecule has 0 spiro atoms. The minimum absolute atomic E-state index is 0.642. The van der Waals surface area contributed by atoms with E-state index in [4.69, 9.17) is 5.26 Å². The van der Waals surface area contributed by atoms with Crippen molar-refractivity contribution in [3.05, 3.63) is 41.2 Å². The number of hydrogen-bond donors (Lipinski definition) is 0. The number of benzene rings is 1. The fraction of sp³-hybridized carbons (Fsp3) is 0.286. The maximum Gasteiger partial charge on any atom is 0.0991 e. The van der Waals surface area contributed by atoms with Crippen LogP contribution in [0.4, 0.5) is 0 Å². The zero-order valence-electron chi connectivity index (χ0n) is 10.0. The molecule has 4 heteroatoms. The summed E-state index contributed by atoms with van der Waals surface area (Å²) in [5, 5.41) is 13.4. The van der Waals surface area contributed by atoms with E-state index in [2.05, 4.69) is 45.4 Å². The minimum Gasteiger partial charge on any atom is -0.268 e. The molecule has 18 heavy (non-hydrogen) atoms. The highest BCUT2D eigenvalue weighted by Gasteiger charge is 2.24. The molecule has 2 aromatic rings. The third-order valence-corrected chi connectivity index (χ3v) is 4.21. The molecule has 1 atom stereocenters. The molecule has 0 saturated carbocycles. The molecule has 0 amide bonds. The lowest BCUT2D eigenvalue weighted by atomic mass is 9.98. The second-order valence-corrected chi connectivity index (χ2v) is 6.39. The Morgan fingerprint density at radius 3 is 3.00 bits per heavy atom. The Balaban J connectivity index is 2.09. The summed E-state index contributed by atoms with van der Waals surface area (Å²) in [5.74, 6) is 0. The second-order valence-electron chi connectivity index (χ2n) is 4.63. The molecule has 1 aliphatic rings. The fourth-order valence-electron chi connectivity index (χ4n) is 2.51. The largest absolute Gasteiger partial charge is 0.268 e. The van der Waals surface area contributed by atoms with E-state index in [1.54, 1.807) is 0 Å². The highest BCUT2D eigenvalue weighted by molar-refractivity contribution is 14.1. The maximum atomic E-state index is 8.91. The molecule has 90 valence electrons. The normalized spacial score (nSPS) is 17.5. The van der Waals surface area contributed by atoms with Gasteiger partial charge < -0.3 is 0 Å². The predicted octanol–water partition coefficient (Wildman–Crippen LogP) is 3.09. The topological polar surface area (TPSA) is 41.6 Å². The Morgan fingerprint density at radius 1 is 1.44 bits per heavy atom. The van der Waals surface area contributed by atoms with E-state index in [0.717, 1.165) is 18.5 Å². The molecule has 1 aromatic heterocycles. The lowest BCUT2D eigenvalue weighted by Crippen LogP contribution is -2.00. The summed E-state index contributed by atoms with van der Waals surface area (Å²) in [6.07, 6.45) is 3.03. The Hall–Kier alpha value is -1.35. The SMILES string of the molecule is Cc1cc(C#N)ccc1-c1cnn2c1C[C@@H](I)C2. The molecule has 0 bridgehead atoms. The van der Waals surface area contributed by atoms with Gasteiger partial charge in [0.1, 0.15) is 0 Å². The van der Waals surface area contributed by atoms with E-state index < -0.39 is 0 Å². The van der Waals surface area contributed by atoms with Gasteiger partial charge in [0.05, 0.1) is 24.4 Å². The van der Waals surface area contributed by atoms with E-state index in [9.17, 15) is 0 Å². The Bertz CT molecular complexity index is 652. The van der Waals surface area contributed by atoms with E-state index in [1.807, 2.05) is 24.4 Å². The van der Waals surface area contributed by atoms with Crippen molar-refractivity contribution in [3.63, 3.8) is 0 Å². The zero-order valence-corrected chi connectivity index (χ0v) is 12.2. The number of rotatable bonds is 1. The molecular formula is C14H12IN3. The molecule has 0 N–H and O–H groups in total. The van der Waals surface area contributed by atoms with Crippen molar-refractivity contribution >= 4 is 22.6 Å². The number of alkyl halides is 1. The summed E-state index contributed by atoms with van der Waals surface area (Å²) in [5.41, 5.74) is 5.59. The van der Waals surface area contributed by atoms with Crippen molar-refractivity contribution in [1.82, 2.24) is 9.78 Å². The number of nitriles is 1. The Kier molecular flexibility index (Phi) is 2.86. The number of halogens is 1. The molecule has 1 aliphatic heterocycles. The van der Waals surface area contributed by atoms with Crippen molar-refractivity contribution in [2.75, 3.05) is 0 Å². The average Bonchev–Trinajstić information content (AvgIpc) is 2.88. The maximum absolute atomic E-state index is 8.91. The third-order valence-electron chi connectivity index (χ3n) is 3.38. The molecule has 0 aliphatic carbocycles. The second kappa shape index (κ2) is 4.39. The number of nitrogens with zero attached hydrogens (tertiary/aromatic N) is 3. The number of aryl methyl sites for hydroxylation is 1. The van der Waals surface area contributed by atoms with Crippen LogP contribution < -0.4 is 0 Å². The van der Waals surface area contributed by atoms with Gasteiger partial charge in [-0.3, -0.25) is 4.68 Å². The van der Waals surface area contributed by atoms with Gasteiger partial charge in [-0.15, -0.1) is 0 Å². The predicted molar refractivity (Wildman–Crippen MR) is 78.6 cm³/mol. The Morgan fingerprint density at radius 2 is 2.28 bits per heavy atom. The van der Waals surface area contributed by atoms with Crippen LogP contribution in [-0.4, -0.2) is 13.7 Å². The van der Waals surface area contributed by atoms with Gasteiger partial charge in [-0.2, -0.15) is 10.4 Å². The summed E-state index contributed by atoms with van der Waals surface area (Å²) in [4.78, 5) is 0. The first-order chi connectivity index (χ1) is 8.69. The summed E-state index contributed by atoms with van der Waals surface area (Å²) in [6.45, 7) is 3.06. The van der Waals surface area contributed by atoms with Gasteiger partial charge in [-0.25, -0.2) is 0 Å². The molecule has 3 rings (SSSR count). The highest BCUT2D eigenvalue weighted by Crippen LogP contribution is 2.32. The van der Waals surface area contributed by atoms with Crippen LogP contribution in [0.15, 0.2) is 24.4 Å². The number of hydrogen-bond acceptors (Lipinski definition) is 2. The van der Waals surface area contributed by atoms with Crippen molar-refractivity contribution < 1.29 is 0 Å². The molecule has 3 nitrogen and oxygen atoms in total. The fourth-order valence-corrected chi connectivity index (χ4v) is 3.30. The summed E-state index contributed by atoms with van der Waals surface area (Å²) >= 11 is 2.48. The van der Waals surface area contributed by atoms with Crippen LogP contribution in [0.25, 0.3) is 11.1 Å². The van der Waals surface area contributed by atoms with Crippen LogP contribution in [-0.2, 0) is 13.0 Å². The van der Waals surface area contributed by atoms with Gasteiger partial charge >= 0.3 is 0 Å². The molecule has 0 saturated heterocycles. The standard InChI is InChI=1S/C14H12IN3/c1-9-4-10(6-16)2-3-12(9)13-7-17-18-8-11(15)5-14(13)18/h2-4,7,11H,5,8H2,1H3/t11-/m1/s1. The highest BCUT2D eigenvalue weighted by atomic mass is 127. The quantitative estimate of drug-likeness (QED) is 0.587. The number of fused-ring (bicyclic) bond motifs is 1. The monoisotopic (exact) mass is 349 g/mol. The lowest BCUT2D eigenvalue weighted by molar-refractivity contribution is 0.673. The number of aromatic nitrogens is 2. The van der Waals surface area contributed by atoms with Gasteiger partial charge in [0.2, 0.25) is 0 Å². The first-order valence-corrected chi connectivity index (χ1v) is 7.13. The molecule has 0 fully saturated rings. The summed E-state index contributed by atoms with van der Waals surface area (Å²) < 4.78 is 2.74. The van der Waals surface area contributed by atoms with Crippen LogP contribution in [0.2, 0.25) is 0 Å². The van der Waals surface area contributed by atoms with E-state index in [1.165, 1.54) is 16.8 Å². The molecule has 0 radical (unpaired) electrons. The van der Waals surface area contributed by atoms with Gasteiger partial charge in [-0.1, -0.05) is 28.7 Å². The molecule has 0 unspecified atom stereocenters. The van der Waals surface area contributed by atoms with Crippen LogP contribution >= 0.6 is 22.6 Å². The Labute approximate surface area is 120 Å². The van der Waals surface area contributed by atoms with Crippen molar-refractivity contribution in [1.29, 1.82) is 5.26 Å². The zero-order chi connectivity index (χ0) is 12.7. The van der Waals surface area contributed by atoms with Gasteiger partial charge in [0.15, 0.2) is 0 Å². The average molecular weight is 349 g/mol. The summed E-state index contributed by atoms with van der Waals surface area (Å²) in [6, 6.07) is 8.03. The van der Waals surface area contributed by atoms with Crippen molar-refractivity contribution in [2.24, 2.45) is 0 Å². The first kappa shape index (κ1) is 11.7. The lowest BCUT2D eigenvalue weighted by Gasteiger charge is -2.06. The van der Waals surface area contributed by atoms with Crippen molar-refractivity contribution in [3.8, 4) is 17.2 Å². The van der Waals surface area contributed by atoms with Crippen molar-refractivity contribution in [2.45, 2.75) is 23.8 Å². The van der Waals surface area contributed by atoms with Crippen LogP contribution in [0.3, 0.4) is 0 Å². The van der Waals surface area contributed by atoms with E-state index in [0.29, 0.717) is 9.49 Å². The minimum atomic E-state index is 0.642. The van der Waals surface area contributed by atoms with Gasteiger partial charge in [0, 0.05) is 21.6 Å². The van der Waals surface area contributed by atoms with Crippen LogP contribution in [0.1, 0.15) is 16.8 Å². The summed E-state index contributed by atoms with van der Waals surface area (Å²) in [7, 11) is 0. The molecule has 2 heterocycles. The van der Waals surface area contributed by atoms with E-state index in [-0.39, 0.29) is 0 Å².